The minimum atomic E-state index is -4.53. The van der Waals surface area contributed by atoms with Crippen LogP contribution in [0.3, 0.4) is 0 Å². The van der Waals surface area contributed by atoms with E-state index in [-0.39, 0.29) is 11.3 Å². The van der Waals surface area contributed by atoms with Crippen LogP contribution >= 0.6 is 24.0 Å². The van der Waals surface area contributed by atoms with Crippen molar-refractivity contribution in [2.45, 2.75) is 56.0 Å². The fraction of sp³-hybridized carbons (Fsp3) is 0.471. The number of alkyl halides is 3. The zero-order valence-electron chi connectivity index (χ0n) is 15.5. The van der Waals surface area contributed by atoms with Gasteiger partial charge in [0, 0.05) is 11.3 Å². The van der Waals surface area contributed by atoms with E-state index in [4.69, 9.17) is 5.73 Å². The van der Waals surface area contributed by atoms with Gasteiger partial charge in [-0.05, 0) is 45.6 Å². The molecule has 2 aromatic rings. The SMILES string of the molecule is CC(C)(O)c1ncc(S)s1.Cc1c(C(F)(F)F)nc2c(c1NC(N)=O)CCC2. The Morgan fingerprint density at radius 2 is 2.00 bits per heavy atom. The number of halogens is 3. The summed E-state index contributed by atoms with van der Waals surface area (Å²) in [5, 5.41) is 12.4. The molecule has 0 spiro atoms. The predicted octanol–water partition coefficient (Wildman–Crippen LogP) is 4.05. The van der Waals surface area contributed by atoms with E-state index in [2.05, 4.69) is 27.9 Å². The van der Waals surface area contributed by atoms with Crippen molar-refractivity contribution in [3.8, 4) is 0 Å². The lowest BCUT2D eigenvalue weighted by Gasteiger charge is -2.17. The number of anilines is 1. The van der Waals surface area contributed by atoms with Crippen LogP contribution in [0.25, 0.3) is 0 Å². The van der Waals surface area contributed by atoms with Gasteiger partial charge in [0.25, 0.3) is 0 Å². The third-order valence-corrected chi connectivity index (χ3v) is 5.50. The normalized spacial score (nSPS) is 13.6. The highest BCUT2D eigenvalue weighted by molar-refractivity contribution is 7.82. The molecule has 28 heavy (non-hydrogen) atoms. The highest BCUT2D eigenvalue weighted by Gasteiger charge is 2.37. The van der Waals surface area contributed by atoms with E-state index in [1.54, 1.807) is 20.0 Å². The molecule has 0 unspecified atom stereocenters. The van der Waals surface area contributed by atoms with E-state index in [9.17, 15) is 23.1 Å². The first-order valence-electron chi connectivity index (χ1n) is 8.34. The summed E-state index contributed by atoms with van der Waals surface area (Å²) >= 11 is 5.48. The maximum Gasteiger partial charge on any atom is 0.433 e. The van der Waals surface area contributed by atoms with Gasteiger partial charge >= 0.3 is 12.2 Å². The van der Waals surface area contributed by atoms with Gasteiger partial charge in [0.15, 0.2) is 0 Å². The van der Waals surface area contributed by atoms with Gasteiger partial charge in [0.05, 0.1) is 16.1 Å². The summed E-state index contributed by atoms with van der Waals surface area (Å²) in [5.74, 6) is 0. The fourth-order valence-corrected chi connectivity index (χ4v) is 3.78. The highest BCUT2D eigenvalue weighted by Crippen LogP contribution is 2.38. The number of hydrogen-bond acceptors (Lipinski definition) is 6. The third-order valence-electron chi connectivity index (χ3n) is 4.00. The van der Waals surface area contributed by atoms with Crippen LogP contribution in [0.15, 0.2) is 10.4 Å². The number of amides is 2. The minimum absolute atomic E-state index is 0.0815. The van der Waals surface area contributed by atoms with E-state index in [1.165, 1.54) is 18.3 Å². The predicted molar refractivity (Wildman–Crippen MR) is 104 cm³/mol. The molecule has 0 aromatic carbocycles. The van der Waals surface area contributed by atoms with Crippen molar-refractivity contribution in [2.75, 3.05) is 5.32 Å². The molecule has 0 aliphatic heterocycles. The molecular formula is C17H21F3N4O2S2. The molecule has 1 aliphatic rings. The number of urea groups is 1. The first-order valence-corrected chi connectivity index (χ1v) is 9.60. The molecule has 1 aliphatic carbocycles. The molecule has 4 N–H and O–H groups in total. The number of pyridine rings is 1. The number of thiol groups is 1. The van der Waals surface area contributed by atoms with Gasteiger partial charge < -0.3 is 16.2 Å². The topological polar surface area (TPSA) is 101 Å². The Bertz CT molecular complexity index is 877. The van der Waals surface area contributed by atoms with E-state index in [1.807, 2.05) is 0 Å². The number of aromatic nitrogens is 2. The van der Waals surface area contributed by atoms with Crippen LogP contribution < -0.4 is 11.1 Å². The van der Waals surface area contributed by atoms with Gasteiger partial charge in [-0.2, -0.15) is 13.2 Å². The van der Waals surface area contributed by atoms with Crippen molar-refractivity contribution in [1.82, 2.24) is 9.97 Å². The summed E-state index contributed by atoms with van der Waals surface area (Å²) in [5.41, 5.74) is 4.36. The number of aryl methyl sites for hydroxylation is 1. The molecular weight excluding hydrogens is 413 g/mol. The van der Waals surface area contributed by atoms with Crippen molar-refractivity contribution >= 4 is 35.7 Å². The van der Waals surface area contributed by atoms with Gasteiger partial charge in [-0.3, -0.25) is 0 Å². The first kappa shape index (κ1) is 22.4. The van der Waals surface area contributed by atoms with E-state index < -0.39 is 23.5 Å². The fourth-order valence-electron chi connectivity index (χ4n) is 2.80. The maximum absolute atomic E-state index is 12.8. The Morgan fingerprint density at radius 1 is 1.36 bits per heavy atom. The summed E-state index contributed by atoms with van der Waals surface area (Å²) in [6.45, 7) is 4.71. The van der Waals surface area contributed by atoms with Crippen LogP contribution in [-0.2, 0) is 24.6 Å². The van der Waals surface area contributed by atoms with Crippen LogP contribution in [0.1, 0.15) is 47.8 Å². The quantitative estimate of drug-likeness (QED) is 0.536. The van der Waals surface area contributed by atoms with Gasteiger partial charge in [-0.1, -0.05) is 0 Å². The number of rotatable bonds is 2. The number of hydrogen-bond donors (Lipinski definition) is 4. The van der Waals surface area contributed by atoms with Crippen LogP contribution in [0.2, 0.25) is 0 Å². The molecule has 154 valence electrons. The summed E-state index contributed by atoms with van der Waals surface area (Å²) in [6.07, 6.45) is -1.06. The highest BCUT2D eigenvalue weighted by atomic mass is 32.2. The lowest BCUT2D eigenvalue weighted by Crippen LogP contribution is -2.23. The summed E-state index contributed by atoms with van der Waals surface area (Å²) < 4.78 is 39.3. The largest absolute Gasteiger partial charge is 0.433 e. The number of primary amides is 1. The number of carbonyl (C=O) groups is 1. The van der Waals surface area contributed by atoms with Crippen molar-refractivity contribution < 1.29 is 23.1 Å². The molecule has 2 amide bonds. The summed E-state index contributed by atoms with van der Waals surface area (Å²) in [4.78, 5) is 18.5. The molecule has 3 rings (SSSR count). The van der Waals surface area contributed by atoms with E-state index in [0.717, 1.165) is 10.6 Å². The molecule has 2 heterocycles. The van der Waals surface area contributed by atoms with Crippen molar-refractivity contribution in [3.05, 3.63) is 33.7 Å². The standard InChI is InChI=1S/C11H12F3N3O.C6H9NOS2/c1-5-8(17-10(15)18)6-3-2-4-7(6)16-9(5)11(12,13)14;1-6(2,8)5-7-3-4(9)10-5/h2-4H2,1H3,(H3,15,16,17,18);3,8-9H,1-2H3. The summed E-state index contributed by atoms with van der Waals surface area (Å²) in [7, 11) is 0. The second-order valence-electron chi connectivity index (χ2n) is 6.79. The number of nitrogens with two attached hydrogens (primary N) is 1. The van der Waals surface area contributed by atoms with Crippen LogP contribution in [0.4, 0.5) is 23.7 Å². The van der Waals surface area contributed by atoms with Gasteiger partial charge in [0.2, 0.25) is 0 Å². The van der Waals surface area contributed by atoms with Crippen molar-refractivity contribution in [1.29, 1.82) is 0 Å². The zero-order chi connectivity index (χ0) is 21.3. The Labute approximate surface area is 169 Å². The molecule has 0 saturated heterocycles. The molecule has 6 nitrogen and oxygen atoms in total. The third kappa shape index (κ3) is 5.36. The average Bonchev–Trinajstić information content (AvgIpc) is 3.17. The van der Waals surface area contributed by atoms with Crippen LogP contribution in [-0.4, -0.2) is 21.1 Å². The second-order valence-corrected chi connectivity index (χ2v) is 8.60. The molecule has 2 aromatic heterocycles. The smallest absolute Gasteiger partial charge is 0.383 e. The van der Waals surface area contributed by atoms with Gasteiger partial charge in [-0.15, -0.1) is 24.0 Å². The molecule has 0 saturated carbocycles. The zero-order valence-corrected chi connectivity index (χ0v) is 17.2. The first-order chi connectivity index (χ1) is 12.8. The molecule has 0 bridgehead atoms. The Balaban J connectivity index is 0.000000237. The number of nitrogens with zero attached hydrogens (tertiary/aromatic N) is 2. The average molecular weight is 435 g/mol. The summed E-state index contributed by atoms with van der Waals surface area (Å²) in [6, 6.07) is -0.869. The molecule has 0 radical (unpaired) electrons. The van der Waals surface area contributed by atoms with Crippen molar-refractivity contribution in [2.24, 2.45) is 5.73 Å². The lowest BCUT2D eigenvalue weighted by molar-refractivity contribution is -0.141. The number of carbonyl (C=O) groups excluding carboxylic acids is 1. The Hall–Kier alpha value is -1.85. The maximum atomic E-state index is 12.8. The Kier molecular flexibility index (Phi) is 6.62. The minimum Gasteiger partial charge on any atom is -0.383 e. The Morgan fingerprint density at radius 3 is 2.43 bits per heavy atom. The van der Waals surface area contributed by atoms with E-state index in [0.29, 0.717) is 29.1 Å². The van der Waals surface area contributed by atoms with Crippen molar-refractivity contribution in [3.63, 3.8) is 0 Å². The number of nitrogens with one attached hydrogen (secondary N) is 1. The monoisotopic (exact) mass is 434 g/mol. The second kappa shape index (κ2) is 8.26. The molecule has 11 heteroatoms. The number of fused-ring (bicyclic) bond motifs is 1. The molecule has 0 atom stereocenters. The number of aliphatic hydroxyl groups is 1. The molecule has 0 fully saturated rings. The van der Waals surface area contributed by atoms with E-state index >= 15 is 0 Å². The van der Waals surface area contributed by atoms with Crippen LogP contribution in [0.5, 0.6) is 0 Å². The van der Waals surface area contributed by atoms with Gasteiger partial charge in [0.1, 0.15) is 16.3 Å². The number of thiazole rings is 1. The lowest BCUT2D eigenvalue weighted by atomic mass is 10.1. The van der Waals surface area contributed by atoms with Gasteiger partial charge in [-0.25, -0.2) is 14.8 Å². The van der Waals surface area contributed by atoms with Crippen LogP contribution in [0, 0.1) is 6.92 Å².